The van der Waals surface area contributed by atoms with Gasteiger partial charge in [0.25, 0.3) is 0 Å². The van der Waals surface area contributed by atoms with Crippen molar-refractivity contribution in [1.29, 1.82) is 0 Å². The van der Waals surface area contributed by atoms with Crippen LogP contribution >= 0.6 is 0 Å². The van der Waals surface area contributed by atoms with Gasteiger partial charge in [-0.3, -0.25) is 0 Å². The van der Waals surface area contributed by atoms with Gasteiger partial charge in [-0.05, 0) is 48.7 Å². The molecule has 0 bridgehead atoms. The summed E-state index contributed by atoms with van der Waals surface area (Å²) in [5.74, 6) is 1.01. The van der Waals surface area contributed by atoms with Crippen LogP contribution in [0.1, 0.15) is 12.8 Å². The number of phenolic OH excluding ortho intramolecular Hbond substituents is 1. The van der Waals surface area contributed by atoms with Crippen LogP contribution in [0.5, 0.6) is 11.5 Å². The number of hydrogen-bond acceptors (Lipinski definition) is 4. The van der Waals surface area contributed by atoms with Gasteiger partial charge in [0.1, 0.15) is 11.5 Å². The lowest BCUT2D eigenvalue weighted by Gasteiger charge is -2.11. The smallest absolute Gasteiger partial charge is 0.178 e. The summed E-state index contributed by atoms with van der Waals surface area (Å²) in [7, 11) is -3.41. The van der Waals surface area contributed by atoms with E-state index in [0.29, 0.717) is 29.9 Å². The summed E-state index contributed by atoms with van der Waals surface area (Å²) in [6, 6.07) is 23.0. The monoisotopic (exact) mass is 382 g/mol. The molecule has 3 aromatic carbocycles. The van der Waals surface area contributed by atoms with Gasteiger partial charge >= 0.3 is 0 Å². The Labute approximate surface area is 160 Å². The number of benzene rings is 3. The van der Waals surface area contributed by atoms with Crippen LogP contribution in [-0.2, 0) is 9.84 Å². The van der Waals surface area contributed by atoms with Crippen LogP contribution in [0.3, 0.4) is 0 Å². The average Bonchev–Trinajstić information content (AvgIpc) is 2.69. The first-order valence-electron chi connectivity index (χ1n) is 8.85. The van der Waals surface area contributed by atoms with Crippen molar-refractivity contribution in [3.8, 4) is 22.6 Å². The maximum atomic E-state index is 12.8. The SMILES string of the molecule is O=S(=O)(CCCCOc1ccccc1)c1ccccc1-c1ccc(O)cc1. The summed E-state index contributed by atoms with van der Waals surface area (Å²) in [5, 5.41) is 9.45. The predicted octanol–water partition coefficient (Wildman–Crippen LogP) is 4.69. The topological polar surface area (TPSA) is 63.6 Å². The third kappa shape index (κ3) is 5.11. The van der Waals surface area contributed by atoms with Gasteiger partial charge in [-0.2, -0.15) is 0 Å². The van der Waals surface area contributed by atoms with Crippen LogP contribution < -0.4 is 4.74 Å². The fourth-order valence-electron chi connectivity index (χ4n) is 2.83. The van der Waals surface area contributed by atoms with Crippen molar-refractivity contribution in [2.75, 3.05) is 12.4 Å². The highest BCUT2D eigenvalue weighted by molar-refractivity contribution is 7.91. The van der Waals surface area contributed by atoms with E-state index in [-0.39, 0.29) is 11.5 Å². The Morgan fingerprint density at radius 2 is 1.44 bits per heavy atom. The molecule has 0 saturated carbocycles. The predicted molar refractivity (Wildman–Crippen MR) is 107 cm³/mol. The minimum absolute atomic E-state index is 0.0697. The third-order valence-electron chi connectivity index (χ3n) is 4.22. The first-order valence-corrected chi connectivity index (χ1v) is 10.5. The Bertz CT molecular complexity index is 965. The van der Waals surface area contributed by atoms with Crippen LogP contribution in [0.25, 0.3) is 11.1 Å². The second-order valence-corrected chi connectivity index (χ2v) is 8.31. The molecule has 0 aliphatic rings. The average molecular weight is 382 g/mol. The van der Waals surface area contributed by atoms with E-state index in [1.54, 1.807) is 42.5 Å². The quantitative estimate of drug-likeness (QED) is 0.574. The zero-order chi connectivity index (χ0) is 19.1. The normalized spacial score (nSPS) is 11.3. The van der Waals surface area contributed by atoms with Gasteiger partial charge in [0.2, 0.25) is 0 Å². The highest BCUT2D eigenvalue weighted by atomic mass is 32.2. The maximum absolute atomic E-state index is 12.8. The summed E-state index contributed by atoms with van der Waals surface area (Å²) in [6.07, 6.45) is 1.19. The first-order chi connectivity index (χ1) is 13.1. The summed E-state index contributed by atoms with van der Waals surface area (Å²) >= 11 is 0. The standard InChI is InChI=1S/C22H22O4S/c23-19-14-12-18(13-15-19)21-10-4-5-11-22(21)27(24,25)17-7-6-16-26-20-8-2-1-3-9-20/h1-5,8-15,23H,6-7,16-17H2. The number of rotatable bonds is 8. The maximum Gasteiger partial charge on any atom is 0.178 e. The Morgan fingerprint density at radius 1 is 0.778 bits per heavy atom. The molecule has 5 heteroatoms. The number of unbranched alkanes of at least 4 members (excludes halogenated alkanes) is 1. The lowest BCUT2D eigenvalue weighted by molar-refractivity contribution is 0.309. The number of sulfone groups is 1. The molecule has 0 aliphatic carbocycles. The van der Waals surface area contributed by atoms with E-state index >= 15 is 0 Å². The van der Waals surface area contributed by atoms with E-state index in [1.165, 1.54) is 0 Å². The third-order valence-corrected chi connectivity index (χ3v) is 6.07. The number of hydrogen-bond donors (Lipinski definition) is 1. The van der Waals surface area contributed by atoms with Crippen LogP contribution in [0, 0.1) is 0 Å². The van der Waals surface area contributed by atoms with Gasteiger partial charge in [-0.25, -0.2) is 8.42 Å². The summed E-state index contributed by atoms with van der Waals surface area (Å²) < 4.78 is 31.3. The van der Waals surface area contributed by atoms with E-state index in [1.807, 2.05) is 36.4 Å². The van der Waals surface area contributed by atoms with E-state index in [9.17, 15) is 13.5 Å². The largest absolute Gasteiger partial charge is 0.508 e. The number of para-hydroxylation sites is 1. The van der Waals surface area contributed by atoms with Gasteiger partial charge in [0, 0.05) is 5.56 Å². The van der Waals surface area contributed by atoms with Crippen molar-refractivity contribution >= 4 is 9.84 Å². The molecule has 1 N–H and O–H groups in total. The van der Waals surface area contributed by atoms with Crippen molar-refractivity contribution in [2.24, 2.45) is 0 Å². The van der Waals surface area contributed by atoms with E-state index < -0.39 is 9.84 Å². The Kier molecular flexibility index (Phi) is 6.14. The molecule has 0 atom stereocenters. The van der Waals surface area contributed by atoms with Crippen molar-refractivity contribution in [3.63, 3.8) is 0 Å². The Morgan fingerprint density at radius 3 is 2.19 bits per heavy atom. The van der Waals surface area contributed by atoms with Crippen LogP contribution in [0.15, 0.2) is 83.8 Å². The van der Waals surface area contributed by atoms with Gasteiger partial charge < -0.3 is 9.84 Å². The molecule has 3 rings (SSSR count). The molecule has 0 unspecified atom stereocenters. The van der Waals surface area contributed by atoms with Crippen molar-refractivity contribution < 1.29 is 18.3 Å². The minimum Gasteiger partial charge on any atom is -0.508 e. The second-order valence-electron chi connectivity index (χ2n) is 6.23. The fraction of sp³-hybridized carbons (Fsp3) is 0.182. The van der Waals surface area contributed by atoms with E-state index in [2.05, 4.69) is 0 Å². The molecule has 0 heterocycles. The van der Waals surface area contributed by atoms with E-state index in [4.69, 9.17) is 4.74 Å². The van der Waals surface area contributed by atoms with Crippen molar-refractivity contribution in [1.82, 2.24) is 0 Å². The first kappa shape index (κ1) is 19.0. The zero-order valence-corrected chi connectivity index (χ0v) is 15.7. The molecule has 0 fully saturated rings. The number of phenols is 1. The lowest BCUT2D eigenvalue weighted by atomic mass is 10.1. The second kappa shape index (κ2) is 8.73. The van der Waals surface area contributed by atoms with E-state index in [0.717, 1.165) is 11.3 Å². The highest BCUT2D eigenvalue weighted by Gasteiger charge is 2.18. The van der Waals surface area contributed by atoms with Crippen LogP contribution in [0.2, 0.25) is 0 Å². The molecule has 0 saturated heterocycles. The molecule has 27 heavy (non-hydrogen) atoms. The number of aromatic hydroxyl groups is 1. The van der Waals surface area contributed by atoms with Crippen LogP contribution in [-0.4, -0.2) is 25.9 Å². The highest BCUT2D eigenvalue weighted by Crippen LogP contribution is 2.29. The molecule has 4 nitrogen and oxygen atoms in total. The van der Waals surface area contributed by atoms with Gasteiger partial charge in [-0.1, -0.05) is 48.5 Å². The molecule has 0 radical (unpaired) electrons. The molecule has 3 aromatic rings. The summed E-state index contributed by atoms with van der Waals surface area (Å²) in [4.78, 5) is 0.319. The molecule has 0 spiro atoms. The van der Waals surface area contributed by atoms with Crippen LogP contribution in [0.4, 0.5) is 0 Å². The molecule has 0 amide bonds. The molecular formula is C22H22O4S. The number of ether oxygens (including phenoxy) is 1. The van der Waals surface area contributed by atoms with Gasteiger partial charge in [0.15, 0.2) is 9.84 Å². The minimum atomic E-state index is -3.41. The Hall–Kier alpha value is -2.79. The Balaban J connectivity index is 1.64. The molecule has 0 aliphatic heterocycles. The molecule has 0 aromatic heterocycles. The molecular weight excluding hydrogens is 360 g/mol. The summed E-state index contributed by atoms with van der Waals surface area (Å²) in [6.45, 7) is 0.485. The van der Waals surface area contributed by atoms with Crippen molar-refractivity contribution in [3.05, 3.63) is 78.9 Å². The van der Waals surface area contributed by atoms with Crippen molar-refractivity contribution in [2.45, 2.75) is 17.7 Å². The van der Waals surface area contributed by atoms with Gasteiger partial charge in [-0.15, -0.1) is 0 Å². The zero-order valence-electron chi connectivity index (χ0n) is 14.9. The fourth-order valence-corrected chi connectivity index (χ4v) is 4.44. The molecule has 140 valence electrons. The van der Waals surface area contributed by atoms with Gasteiger partial charge in [0.05, 0.1) is 17.3 Å². The lowest BCUT2D eigenvalue weighted by Crippen LogP contribution is -2.09. The summed E-state index contributed by atoms with van der Waals surface area (Å²) in [5.41, 5.74) is 1.41.